The number of morpholine rings is 1. The predicted octanol–water partition coefficient (Wildman–Crippen LogP) is 1.65. The Bertz CT molecular complexity index is 1160. The molecule has 1 saturated heterocycles. The van der Waals surface area contributed by atoms with Crippen molar-refractivity contribution in [3.05, 3.63) is 59.2 Å². The Labute approximate surface area is 194 Å². The summed E-state index contributed by atoms with van der Waals surface area (Å²) in [6, 6.07) is 12.1. The Morgan fingerprint density at radius 1 is 1.12 bits per heavy atom. The molecule has 0 saturated carbocycles. The van der Waals surface area contributed by atoms with Crippen molar-refractivity contribution in [3.8, 4) is 0 Å². The molecule has 8 nitrogen and oxygen atoms in total. The number of aryl methyl sites for hydroxylation is 1. The van der Waals surface area contributed by atoms with Crippen molar-refractivity contribution in [2.75, 3.05) is 37.7 Å². The van der Waals surface area contributed by atoms with Crippen molar-refractivity contribution >= 4 is 27.5 Å². The first-order valence-electron chi connectivity index (χ1n) is 11.1. The van der Waals surface area contributed by atoms with Gasteiger partial charge in [-0.15, -0.1) is 0 Å². The molecule has 2 amide bonds. The van der Waals surface area contributed by atoms with Gasteiger partial charge in [0, 0.05) is 38.7 Å². The van der Waals surface area contributed by atoms with Gasteiger partial charge in [-0.1, -0.05) is 24.3 Å². The third-order valence-corrected chi connectivity index (χ3v) is 8.13. The molecule has 1 fully saturated rings. The van der Waals surface area contributed by atoms with Crippen LogP contribution in [0, 0.1) is 6.92 Å². The molecule has 33 heavy (non-hydrogen) atoms. The van der Waals surface area contributed by atoms with Gasteiger partial charge in [0.15, 0.2) is 0 Å². The van der Waals surface area contributed by atoms with Crippen molar-refractivity contribution in [3.63, 3.8) is 0 Å². The number of anilines is 1. The molecule has 0 aliphatic carbocycles. The van der Waals surface area contributed by atoms with Crippen molar-refractivity contribution < 1.29 is 22.7 Å². The topological polar surface area (TPSA) is 96.0 Å². The molecule has 4 rings (SSSR count). The molecule has 176 valence electrons. The Hall–Kier alpha value is -2.75. The van der Waals surface area contributed by atoms with Gasteiger partial charge >= 0.3 is 0 Å². The molecule has 0 bridgehead atoms. The fourth-order valence-electron chi connectivity index (χ4n) is 4.45. The number of nitrogens with one attached hydrogen (secondary N) is 1. The monoisotopic (exact) mass is 471 g/mol. The van der Waals surface area contributed by atoms with Crippen LogP contribution in [0.1, 0.15) is 23.6 Å². The lowest BCUT2D eigenvalue weighted by Gasteiger charge is -2.26. The number of hydrogen-bond donors (Lipinski definition) is 1. The number of carbonyl (C=O) groups excluding carboxylic acids is 2. The first-order chi connectivity index (χ1) is 15.8. The number of amides is 2. The Balaban J connectivity index is 1.49. The lowest BCUT2D eigenvalue weighted by atomic mass is 10.1. The maximum Gasteiger partial charge on any atom is 0.243 e. The zero-order valence-electron chi connectivity index (χ0n) is 18.9. The molecule has 1 N–H and O–H groups in total. The van der Waals surface area contributed by atoms with Crippen LogP contribution < -0.4 is 10.2 Å². The highest BCUT2D eigenvalue weighted by Crippen LogP contribution is 2.35. The SMILES string of the molecule is CC(=O)N1c2ccc(S(=O)(=O)N3CCOCC3)cc2C[C@@H]1C(=O)NCCc1ccccc1C. The second-order valence-electron chi connectivity index (χ2n) is 8.38. The third kappa shape index (κ3) is 4.80. The molecule has 0 radical (unpaired) electrons. The number of rotatable bonds is 6. The van der Waals surface area contributed by atoms with Gasteiger partial charge in [0.2, 0.25) is 21.8 Å². The summed E-state index contributed by atoms with van der Waals surface area (Å²) in [6.07, 6.45) is 0.970. The zero-order valence-corrected chi connectivity index (χ0v) is 19.7. The molecule has 0 aromatic heterocycles. The highest BCUT2D eigenvalue weighted by Gasteiger charge is 2.38. The van der Waals surface area contributed by atoms with Crippen molar-refractivity contribution in [1.82, 2.24) is 9.62 Å². The molecule has 0 unspecified atom stereocenters. The highest BCUT2D eigenvalue weighted by molar-refractivity contribution is 7.89. The van der Waals surface area contributed by atoms with Gasteiger partial charge in [0.25, 0.3) is 0 Å². The maximum atomic E-state index is 13.0. The lowest BCUT2D eigenvalue weighted by Crippen LogP contribution is -2.47. The Kier molecular flexibility index (Phi) is 6.83. The van der Waals surface area contributed by atoms with E-state index in [1.54, 1.807) is 12.1 Å². The van der Waals surface area contributed by atoms with Gasteiger partial charge in [-0.2, -0.15) is 4.31 Å². The first kappa shape index (κ1) is 23.4. The fourth-order valence-corrected chi connectivity index (χ4v) is 5.91. The average Bonchev–Trinajstić information content (AvgIpc) is 3.20. The van der Waals surface area contributed by atoms with E-state index in [0.717, 1.165) is 5.56 Å². The van der Waals surface area contributed by atoms with Crippen molar-refractivity contribution in [2.45, 2.75) is 37.6 Å². The zero-order chi connectivity index (χ0) is 23.6. The predicted molar refractivity (Wildman–Crippen MR) is 125 cm³/mol. The quantitative estimate of drug-likeness (QED) is 0.691. The van der Waals surface area contributed by atoms with Gasteiger partial charge in [-0.25, -0.2) is 8.42 Å². The van der Waals surface area contributed by atoms with Crippen LogP contribution in [0.3, 0.4) is 0 Å². The van der Waals surface area contributed by atoms with E-state index in [-0.39, 0.29) is 23.1 Å². The summed E-state index contributed by atoms with van der Waals surface area (Å²) in [6.45, 7) is 5.26. The Morgan fingerprint density at radius 2 is 1.85 bits per heavy atom. The van der Waals surface area contributed by atoms with E-state index in [4.69, 9.17) is 4.74 Å². The third-order valence-electron chi connectivity index (χ3n) is 6.24. The average molecular weight is 472 g/mol. The molecular weight excluding hydrogens is 442 g/mol. The van der Waals surface area contributed by atoms with E-state index in [1.165, 1.54) is 27.8 Å². The number of carbonyl (C=O) groups is 2. The minimum Gasteiger partial charge on any atom is -0.379 e. The van der Waals surface area contributed by atoms with Crippen LogP contribution in [0.25, 0.3) is 0 Å². The van der Waals surface area contributed by atoms with Crippen LogP contribution >= 0.6 is 0 Å². The summed E-state index contributed by atoms with van der Waals surface area (Å²) in [5.74, 6) is -0.496. The van der Waals surface area contributed by atoms with E-state index in [2.05, 4.69) is 5.32 Å². The molecule has 2 heterocycles. The molecule has 2 aromatic rings. The number of sulfonamides is 1. The van der Waals surface area contributed by atoms with Gasteiger partial charge in [0.05, 0.1) is 18.1 Å². The first-order valence-corrected chi connectivity index (χ1v) is 12.6. The standard InChI is InChI=1S/C24H29N3O5S/c1-17-5-3-4-6-19(17)9-10-25-24(29)23-16-20-15-21(7-8-22(20)27(23)18(2)28)33(30,31)26-11-13-32-14-12-26/h3-8,15,23H,9-14,16H2,1-2H3,(H,25,29)/t23-/m1/s1. The summed E-state index contributed by atoms with van der Waals surface area (Å²) in [5, 5.41) is 2.94. The van der Waals surface area contributed by atoms with E-state index in [1.807, 2.05) is 31.2 Å². The fraction of sp³-hybridized carbons (Fsp3) is 0.417. The second-order valence-corrected chi connectivity index (χ2v) is 10.3. The lowest BCUT2D eigenvalue weighted by molar-refractivity contribution is -0.125. The van der Waals surface area contributed by atoms with E-state index in [9.17, 15) is 18.0 Å². The largest absolute Gasteiger partial charge is 0.379 e. The maximum absolute atomic E-state index is 13.0. The molecule has 2 aliphatic heterocycles. The van der Waals surface area contributed by atoms with E-state index >= 15 is 0 Å². The normalized spacial score (nSPS) is 18.7. The molecule has 1 atom stereocenters. The number of nitrogens with zero attached hydrogens (tertiary/aromatic N) is 2. The van der Waals surface area contributed by atoms with Gasteiger partial charge in [-0.3, -0.25) is 14.5 Å². The summed E-state index contributed by atoms with van der Waals surface area (Å²) < 4.78 is 32.7. The summed E-state index contributed by atoms with van der Waals surface area (Å²) in [7, 11) is -3.66. The Morgan fingerprint density at radius 3 is 2.55 bits per heavy atom. The minimum absolute atomic E-state index is 0.173. The van der Waals surface area contributed by atoms with E-state index < -0.39 is 16.1 Å². The van der Waals surface area contributed by atoms with Crippen molar-refractivity contribution in [1.29, 1.82) is 0 Å². The van der Waals surface area contributed by atoms with Gasteiger partial charge in [0.1, 0.15) is 6.04 Å². The number of hydrogen-bond acceptors (Lipinski definition) is 5. The molecule has 2 aliphatic rings. The van der Waals surface area contributed by atoms with Crippen LogP contribution in [0.2, 0.25) is 0 Å². The molecule has 9 heteroatoms. The van der Waals surface area contributed by atoms with Crippen LogP contribution in [0.15, 0.2) is 47.4 Å². The number of benzene rings is 2. The van der Waals surface area contributed by atoms with Crippen LogP contribution in [-0.4, -0.2) is 63.4 Å². The summed E-state index contributed by atoms with van der Waals surface area (Å²) in [5.41, 5.74) is 3.59. The number of ether oxygens (including phenoxy) is 1. The summed E-state index contributed by atoms with van der Waals surface area (Å²) in [4.78, 5) is 27.0. The van der Waals surface area contributed by atoms with E-state index in [0.29, 0.717) is 50.5 Å². The minimum atomic E-state index is -3.66. The van der Waals surface area contributed by atoms with Crippen LogP contribution in [0.5, 0.6) is 0 Å². The molecular formula is C24H29N3O5S. The van der Waals surface area contributed by atoms with Crippen LogP contribution in [0.4, 0.5) is 5.69 Å². The smallest absolute Gasteiger partial charge is 0.243 e. The van der Waals surface area contributed by atoms with Gasteiger partial charge < -0.3 is 10.1 Å². The summed E-state index contributed by atoms with van der Waals surface area (Å²) >= 11 is 0. The molecule has 0 spiro atoms. The second kappa shape index (κ2) is 9.62. The van der Waals surface area contributed by atoms with Crippen molar-refractivity contribution in [2.24, 2.45) is 0 Å². The number of fused-ring (bicyclic) bond motifs is 1. The van der Waals surface area contributed by atoms with Gasteiger partial charge in [-0.05, 0) is 48.2 Å². The highest BCUT2D eigenvalue weighted by atomic mass is 32.2. The van der Waals surface area contributed by atoms with Crippen LogP contribution in [-0.2, 0) is 37.2 Å². The molecule has 2 aromatic carbocycles.